The van der Waals surface area contributed by atoms with Gasteiger partial charge in [0.05, 0.1) is 11.5 Å². The van der Waals surface area contributed by atoms with Crippen LogP contribution in [0.2, 0.25) is 0 Å². The molecule has 19 heteroatoms. The van der Waals surface area contributed by atoms with Crippen LogP contribution < -0.4 is 32.2 Å². The van der Waals surface area contributed by atoms with Gasteiger partial charge in [-0.3, -0.25) is 28.2 Å². The molecule has 1 atom stereocenters. The van der Waals surface area contributed by atoms with Crippen molar-refractivity contribution < 1.29 is 50.8 Å². The van der Waals surface area contributed by atoms with Crippen LogP contribution in [0.4, 0.5) is 5.69 Å². The molecule has 3 aromatic carbocycles. The van der Waals surface area contributed by atoms with E-state index < -0.39 is 52.5 Å². The molecule has 0 bridgehead atoms. The summed E-state index contributed by atoms with van der Waals surface area (Å²) >= 11 is 1.36. The third-order valence-corrected chi connectivity index (χ3v) is 17.3. The predicted octanol–water partition coefficient (Wildman–Crippen LogP) is 3.15. The molecule has 0 aromatic heterocycles. The summed E-state index contributed by atoms with van der Waals surface area (Å²) in [5, 5.41) is 2.36. The zero-order chi connectivity index (χ0) is 46.3. The number of ether oxygens (including phenoxy) is 3. The number of para-hydroxylation sites is 1. The van der Waals surface area contributed by atoms with E-state index in [4.69, 9.17) is 31.4 Å². The van der Waals surface area contributed by atoms with Gasteiger partial charge in [0.25, 0.3) is 0 Å². The fourth-order valence-electron chi connectivity index (χ4n) is 7.28. The molecule has 7 N–H and O–H groups in total. The number of nitrogens with two attached hydrogens (primary N) is 3. The molecule has 5 amide bonds. The Balaban J connectivity index is 0.000000265. The number of hydrogen-bond acceptors (Lipinski definition) is 12. The predicted molar refractivity (Wildman–Crippen MR) is 244 cm³/mol. The van der Waals surface area contributed by atoms with Crippen LogP contribution in [0, 0.1) is 0 Å². The average molecular weight is 930 g/mol. The number of primary amides is 3. The van der Waals surface area contributed by atoms with Crippen molar-refractivity contribution in [1.29, 1.82) is 0 Å². The van der Waals surface area contributed by atoms with Crippen LogP contribution in [-0.4, -0.2) is 109 Å². The molecule has 16 nitrogen and oxygen atoms in total. The summed E-state index contributed by atoms with van der Waals surface area (Å²) in [5.41, 5.74) is 18.1. The largest absolute Gasteiger partial charge is 0.494 e. The van der Waals surface area contributed by atoms with Crippen molar-refractivity contribution in [2.75, 3.05) is 56.8 Å². The van der Waals surface area contributed by atoms with Crippen LogP contribution >= 0.6 is 11.8 Å². The van der Waals surface area contributed by atoms with E-state index in [1.165, 1.54) is 35.9 Å². The van der Waals surface area contributed by atoms with Crippen LogP contribution in [0.15, 0.2) is 87.5 Å². The van der Waals surface area contributed by atoms with E-state index in [0.29, 0.717) is 61.9 Å². The van der Waals surface area contributed by atoms with Crippen molar-refractivity contribution >= 4 is 72.2 Å². The first kappa shape index (κ1) is 50.7. The SMILES string of the molecule is C=S(=O)(c1ccc(OCCCC(=O)N2CCc3ccccc32)cc1)C1(C(N)=O)CCOCC1.CCC.NC(=O)C(=O)NCCSc1ccc(S(=O)(=O)C2(C(N)=O)CCOCC2)cc1. The molecule has 0 saturated carbocycles. The summed E-state index contributed by atoms with van der Waals surface area (Å²) < 4.78 is 53.1. The molecular weight excluding hydrogens is 871 g/mol. The molecule has 0 aliphatic carbocycles. The highest BCUT2D eigenvalue weighted by Crippen LogP contribution is 2.37. The molecular formula is C44H59N5O11S3. The van der Waals surface area contributed by atoms with Crippen molar-refractivity contribution in [3.8, 4) is 5.75 Å². The quantitative estimate of drug-likeness (QED) is 0.0742. The minimum Gasteiger partial charge on any atom is -0.494 e. The zero-order valence-corrected chi connectivity index (χ0v) is 38.3. The number of nitrogens with one attached hydrogen (secondary N) is 1. The molecule has 344 valence electrons. The van der Waals surface area contributed by atoms with E-state index in [1.807, 2.05) is 23.1 Å². The lowest BCUT2D eigenvalue weighted by Gasteiger charge is -2.37. The second-order valence-electron chi connectivity index (χ2n) is 15.1. The Morgan fingerprint density at radius 3 is 1.89 bits per heavy atom. The van der Waals surface area contributed by atoms with Gasteiger partial charge in [0.2, 0.25) is 17.7 Å². The molecule has 6 rings (SSSR count). The number of carbonyl (C=O) groups excluding carboxylic acids is 5. The molecule has 3 aliphatic rings. The summed E-state index contributed by atoms with van der Waals surface area (Å²) in [4.78, 5) is 61.5. The van der Waals surface area contributed by atoms with Crippen molar-refractivity contribution in [1.82, 2.24) is 5.32 Å². The number of thioether (sulfide) groups is 1. The lowest BCUT2D eigenvalue weighted by molar-refractivity contribution is -0.137. The normalized spacial score (nSPS) is 17.2. The number of rotatable bonds is 15. The summed E-state index contributed by atoms with van der Waals surface area (Å²) in [6, 6.07) is 20.9. The van der Waals surface area contributed by atoms with E-state index in [-0.39, 0.29) is 43.4 Å². The van der Waals surface area contributed by atoms with Gasteiger partial charge < -0.3 is 41.6 Å². The van der Waals surface area contributed by atoms with Crippen LogP contribution in [0.5, 0.6) is 5.75 Å². The second-order valence-corrected chi connectivity index (χ2v) is 21.1. The number of fused-ring (bicyclic) bond motifs is 1. The highest BCUT2D eigenvalue weighted by Gasteiger charge is 2.51. The first-order chi connectivity index (χ1) is 30.0. The number of anilines is 1. The van der Waals surface area contributed by atoms with Crippen molar-refractivity contribution in [2.45, 2.75) is 89.4 Å². The van der Waals surface area contributed by atoms with E-state index in [2.05, 4.69) is 31.1 Å². The maximum Gasteiger partial charge on any atom is 0.309 e. The Morgan fingerprint density at radius 1 is 0.794 bits per heavy atom. The average Bonchev–Trinajstić information content (AvgIpc) is 3.72. The lowest BCUT2D eigenvalue weighted by atomic mass is 9.98. The Kier molecular flexibility index (Phi) is 18.6. The van der Waals surface area contributed by atoms with Gasteiger partial charge in [-0.05, 0) is 105 Å². The van der Waals surface area contributed by atoms with Gasteiger partial charge in [0.15, 0.2) is 14.6 Å². The number of hydrogen-bond donors (Lipinski definition) is 4. The van der Waals surface area contributed by atoms with Gasteiger partial charge in [-0.2, -0.15) is 0 Å². The second kappa shape index (κ2) is 23.1. The number of benzene rings is 3. The Hall–Kier alpha value is -4.95. The van der Waals surface area contributed by atoms with E-state index >= 15 is 0 Å². The van der Waals surface area contributed by atoms with Crippen molar-refractivity contribution in [2.24, 2.45) is 17.2 Å². The highest BCUT2D eigenvalue weighted by atomic mass is 32.2. The monoisotopic (exact) mass is 929 g/mol. The molecule has 2 saturated heterocycles. The maximum absolute atomic E-state index is 13.6. The highest BCUT2D eigenvalue weighted by molar-refractivity contribution is 8.02. The van der Waals surface area contributed by atoms with E-state index in [0.717, 1.165) is 23.5 Å². The fourth-order valence-corrected chi connectivity index (χ4v) is 12.1. The molecule has 2 fully saturated rings. The van der Waals surface area contributed by atoms with Gasteiger partial charge in [0.1, 0.15) is 10.5 Å². The Morgan fingerprint density at radius 2 is 1.33 bits per heavy atom. The van der Waals surface area contributed by atoms with Gasteiger partial charge in [-0.15, -0.1) is 11.8 Å². The smallest absolute Gasteiger partial charge is 0.309 e. The number of sulfone groups is 1. The zero-order valence-electron chi connectivity index (χ0n) is 35.8. The van der Waals surface area contributed by atoms with Gasteiger partial charge >= 0.3 is 11.8 Å². The minimum absolute atomic E-state index is 0.0228. The topological polar surface area (TPSA) is 258 Å². The first-order valence-corrected chi connectivity index (χ1v) is 25.0. The molecule has 3 heterocycles. The lowest BCUT2D eigenvalue weighted by Crippen LogP contribution is -2.53. The van der Waals surface area contributed by atoms with Crippen LogP contribution in [0.1, 0.15) is 64.4 Å². The number of carbonyl (C=O) groups is 5. The number of nitrogens with zero attached hydrogens (tertiary/aromatic N) is 1. The van der Waals surface area contributed by atoms with Crippen molar-refractivity contribution in [3.63, 3.8) is 0 Å². The van der Waals surface area contributed by atoms with Gasteiger partial charge in [-0.1, -0.05) is 38.5 Å². The molecule has 0 radical (unpaired) electrons. The Labute approximate surface area is 374 Å². The van der Waals surface area contributed by atoms with E-state index in [1.54, 1.807) is 36.4 Å². The first-order valence-electron chi connectivity index (χ1n) is 20.8. The summed E-state index contributed by atoms with van der Waals surface area (Å²) in [6.07, 6.45) is 3.78. The summed E-state index contributed by atoms with van der Waals surface area (Å²) in [7, 11) is -6.93. The standard InChI is InChI=1S/C25H30N2O5S.C16H21N3O6S2.C3H8/c1-33(30,25(24(26)29)13-17-31-18-14-25)21-10-8-20(9-11-21)32-16-4-7-23(28)27-15-12-19-5-2-3-6-22(19)27;17-13(20)14(21)19-7-10-26-11-1-3-12(4-2-11)27(23,24)16(15(18)22)5-8-25-9-6-16;1-3-2/h2-3,5-6,8-11H,1,4,7,12-18H2,(H2,26,29);1-4H,5-10H2,(H2,17,20)(H2,18,22)(H,19,21);3H2,1-2H3. The minimum atomic E-state index is -3.96. The molecule has 3 aromatic rings. The third-order valence-electron chi connectivity index (χ3n) is 10.9. The third kappa shape index (κ3) is 12.2. The van der Waals surface area contributed by atoms with Crippen LogP contribution in [-0.2, 0) is 59.2 Å². The molecule has 0 spiro atoms. The molecule has 1 unspecified atom stereocenters. The van der Waals surface area contributed by atoms with Gasteiger partial charge in [-0.25, -0.2) is 8.42 Å². The van der Waals surface area contributed by atoms with E-state index in [9.17, 15) is 36.6 Å². The van der Waals surface area contributed by atoms with Gasteiger partial charge in [0, 0.05) is 76.7 Å². The van der Waals surface area contributed by atoms with Crippen molar-refractivity contribution in [3.05, 3.63) is 78.4 Å². The maximum atomic E-state index is 13.6. The number of amides is 5. The molecule has 3 aliphatic heterocycles. The summed E-state index contributed by atoms with van der Waals surface area (Å²) in [5.74, 6) is 1.72. The summed E-state index contributed by atoms with van der Waals surface area (Å²) in [6.45, 7) is 6.58. The van der Waals surface area contributed by atoms with Crippen LogP contribution in [0.3, 0.4) is 0 Å². The fraction of sp³-hybridized carbons (Fsp3) is 0.455. The van der Waals surface area contributed by atoms with Crippen LogP contribution in [0.25, 0.3) is 0 Å². The Bertz CT molecular complexity index is 2280. The molecule has 63 heavy (non-hydrogen) atoms.